The summed E-state index contributed by atoms with van der Waals surface area (Å²) in [5, 5.41) is 12.9. The first-order valence-electron chi connectivity index (χ1n) is 10.5. The summed E-state index contributed by atoms with van der Waals surface area (Å²) in [5.74, 6) is -2.15. The predicted molar refractivity (Wildman–Crippen MR) is 120 cm³/mol. The summed E-state index contributed by atoms with van der Waals surface area (Å²) < 4.78 is 0. The minimum absolute atomic E-state index is 0.159. The first-order chi connectivity index (χ1) is 14.8. The number of aromatic nitrogens is 1. The summed E-state index contributed by atoms with van der Waals surface area (Å²) in [4.78, 5) is 40.9. The molecule has 162 valence electrons. The van der Waals surface area contributed by atoms with Crippen molar-refractivity contribution in [3.05, 3.63) is 71.9 Å². The van der Waals surface area contributed by atoms with Crippen LogP contribution in [0, 0.1) is 11.8 Å². The highest BCUT2D eigenvalue weighted by Gasteiger charge is 2.29. The maximum Gasteiger partial charge on any atom is 0.304 e. The molecular formula is C25H28N2O4. The van der Waals surface area contributed by atoms with Crippen molar-refractivity contribution in [1.29, 1.82) is 0 Å². The normalized spacial score (nSPS) is 13.1. The van der Waals surface area contributed by atoms with Crippen molar-refractivity contribution in [2.45, 2.75) is 39.2 Å². The van der Waals surface area contributed by atoms with Crippen molar-refractivity contribution in [2.75, 3.05) is 0 Å². The largest absolute Gasteiger partial charge is 0.481 e. The SMILES string of the molecule is CC(C)C[C@H](CC(=O)O)C(=O)N[C@H](Cc1ccccc1)C(=O)c1c[nH]c2ccccc12. The molecule has 2 atom stereocenters. The van der Waals surface area contributed by atoms with Crippen LogP contribution in [0.4, 0.5) is 0 Å². The summed E-state index contributed by atoms with van der Waals surface area (Å²) in [5.41, 5.74) is 2.27. The fraction of sp³-hybridized carbons (Fsp3) is 0.320. The minimum Gasteiger partial charge on any atom is -0.481 e. The molecule has 3 rings (SSSR count). The first kappa shape index (κ1) is 22.3. The predicted octanol–water partition coefficient (Wildman–Crippen LogP) is 4.22. The van der Waals surface area contributed by atoms with Gasteiger partial charge in [-0.15, -0.1) is 0 Å². The second-order valence-electron chi connectivity index (χ2n) is 8.29. The first-order valence-corrected chi connectivity index (χ1v) is 10.5. The Morgan fingerprint density at radius 2 is 1.68 bits per heavy atom. The monoisotopic (exact) mass is 420 g/mol. The average molecular weight is 421 g/mol. The summed E-state index contributed by atoms with van der Waals surface area (Å²) in [6.07, 6.45) is 2.17. The summed E-state index contributed by atoms with van der Waals surface area (Å²) in [6, 6.07) is 16.2. The van der Waals surface area contributed by atoms with Gasteiger partial charge in [-0.3, -0.25) is 14.4 Å². The second-order valence-corrected chi connectivity index (χ2v) is 8.29. The highest BCUT2D eigenvalue weighted by atomic mass is 16.4. The summed E-state index contributed by atoms with van der Waals surface area (Å²) in [6.45, 7) is 3.89. The van der Waals surface area contributed by atoms with Gasteiger partial charge >= 0.3 is 5.97 Å². The van der Waals surface area contributed by atoms with Crippen LogP contribution < -0.4 is 5.32 Å². The molecule has 1 amide bonds. The number of amides is 1. The maximum atomic E-state index is 13.5. The molecule has 1 heterocycles. The van der Waals surface area contributed by atoms with E-state index in [9.17, 15) is 19.5 Å². The molecule has 0 fully saturated rings. The van der Waals surface area contributed by atoms with E-state index < -0.39 is 23.8 Å². The van der Waals surface area contributed by atoms with Gasteiger partial charge in [0.05, 0.1) is 12.5 Å². The Bertz CT molecular complexity index is 1060. The molecule has 2 aromatic carbocycles. The van der Waals surface area contributed by atoms with Crippen LogP contribution in [-0.2, 0) is 16.0 Å². The van der Waals surface area contributed by atoms with E-state index in [4.69, 9.17) is 0 Å². The molecular weight excluding hydrogens is 392 g/mol. The number of aliphatic carboxylic acids is 1. The van der Waals surface area contributed by atoms with Crippen LogP contribution in [0.15, 0.2) is 60.8 Å². The van der Waals surface area contributed by atoms with Crippen molar-refractivity contribution in [2.24, 2.45) is 11.8 Å². The van der Waals surface area contributed by atoms with Crippen molar-refractivity contribution in [3.8, 4) is 0 Å². The number of aromatic amines is 1. The van der Waals surface area contributed by atoms with Crippen LogP contribution in [0.3, 0.4) is 0 Å². The van der Waals surface area contributed by atoms with Crippen molar-refractivity contribution in [3.63, 3.8) is 0 Å². The Hall–Kier alpha value is -3.41. The number of Topliss-reactive ketones (excluding diaryl/α,β-unsaturated/α-hetero) is 1. The molecule has 0 bridgehead atoms. The Morgan fingerprint density at radius 1 is 1.00 bits per heavy atom. The molecule has 0 saturated carbocycles. The number of H-pyrrole nitrogens is 1. The number of carboxylic acid groups (broad SMARTS) is 1. The standard InChI is InChI=1S/C25H28N2O4/c1-16(2)12-18(14-23(28)29)25(31)27-22(13-17-8-4-3-5-9-17)24(30)20-15-26-21-11-7-6-10-19(20)21/h3-11,15-16,18,22,26H,12-14H2,1-2H3,(H,27,31)(H,28,29)/t18-,22-/m1/s1. The summed E-state index contributed by atoms with van der Waals surface area (Å²) in [7, 11) is 0. The number of carbonyl (C=O) groups excluding carboxylic acids is 2. The molecule has 3 N–H and O–H groups in total. The van der Waals surface area contributed by atoms with Gasteiger partial charge in [-0.05, 0) is 24.0 Å². The molecule has 0 saturated heterocycles. The molecule has 3 aromatic rings. The number of carbonyl (C=O) groups is 3. The van der Waals surface area contributed by atoms with Crippen LogP contribution in [-0.4, -0.2) is 33.8 Å². The van der Waals surface area contributed by atoms with Gasteiger partial charge in [0.15, 0.2) is 5.78 Å². The highest BCUT2D eigenvalue weighted by molar-refractivity contribution is 6.11. The number of para-hydroxylation sites is 1. The number of fused-ring (bicyclic) bond motifs is 1. The van der Waals surface area contributed by atoms with E-state index in [1.54, 1.807) is 6.20 Å². The van der Waals surface area contributed by atoms with E-state index in [1.807, 2.05) is 68.4 Å². The molecule has 31 heavy (non-hydrogen) atoms. The van der Waals surface area contributed by atoms with Crippen LogP contribution >= 0.6 is 0 Å². The highest BCUT2D eigenvalue weighted by Crippen LogP contribution is 2.22. The van der Waals surface area contributed by atoms with E-state index in [2.05, 4.69) is 10.3 Å². The molecule has 6 heteroatoms. The van der Waals surface area contributed by atoms with E-state index in [-0.39, 0.29) is 18.1 Å². The number of hydrogen-bond acceptors (Lipinski definition) is 3. The van der Waals surface area contributed by atoms with Gasteiger partial charge in [0.2, 0.25) is 5.91 Å². The number of benzene rings is 2. The van der Waals surface area contributed by atoms with Crippen LogP contribution in [0.5, 0.6) is 0 Å². The average Bonchev–Trinajstić information content (AvgIpc) is 3.16. The van der Waals surface area contributed by atoms with Gasteiger partial charge < -0.3 is 15.4 Å². The third-order valence-electron chi connectivity index (χ3n) is 5.32. The van der Waals surface area contributed by atoms with E-state index >= 15 is 0 Å². The van der Waals surface area contributed by atoms with Gasteiger partial charge in [0, 0.05) is 35.0 Å². The quantitative estimate of drug-likeness (QED) is 0.428. The van der Waals surface area contributed by atoms with Crippen LogP contribution in [0.2, 0.25) is 0 Å². The fourth-order valence-electron chi connectivity index (χ4n) is 3.87. The number of nitrogens with one attached hydrogen (secondary N) is 2. The number of hydrogen-bond donors (Lipinski definition) is 3. The van der Waals surface area contributed by atoms with Crippen molar-refractivity contribution in [1.82, 2.24) is 10.3 Å². The van der Waals surface area contributed by atoms with Gasteiger partial charge in [-0.2, -0.15) is 0 Å². The van der Waals surface area contributed by atoms with Crippen LogP contribution in [0.1, 0.15) is 42.6 Å². The minimum atomic E-state index is -1.02. The maximum absolute atomic E-state index is 13.5. The number of carboxylic acids is 1. The van der Waals surface area contributed by atoms with Crippen LogP contribution in [0.25, 0.3) is 10.9 Å². The van der Waals surface area contributed by atoms with E-state index in [1.165, 1.54) is 0 Å². The van der Waals surface area contributed by atoms with Crippen molar-refractivity contribution < 1.29 is 19.5 Å². The summed E-state index contributed by atoms with van der Waals surface area (Å²) >= 11 is 0. The van der Waals surface area contributed by atoms with Crippen molar-refractivity contribution >= 4 is 28.6 Å². The molecule has 1 aromatic heterocycles. The van der Waals surface area contributed by atoms with Gasteiger partial charge in [0.25, 0.3) is 0 Å². The lowest BCUT2D eigenvalue weighted by atomic mass is 9.91. The molecule has 0 radical (unpaired) electrons. The second kappa shape index (κ2) is 10.1. The fourth-order valence-corrected chi connectivity index (χ4v) is 3.87. The zero-order chi connectivity index (χ0) is 22.4. The third kappa shape index (κ3) is 5.81. The molecule has 0 spiro atoms. The van der Waals surface area contributed by atoms with Gasteiger partial charge in [-0.1, -0.05) is 62.4 Å². The lowest BCUT2D eigenvalue weighted by molar-refractivity contribution is -0.141. The molecule has 0 aliphatic rings. The zero-order valence-corrected chi connectivity index (χ0v) is 17.8. The zero-order valence-electron chi connectivity index (χ0n) is 17.8. The Kier molecular flexibility index (Phi) is 7.23. The van der Waals surface area contributed by atoms with E-state index in [0.29, 0.717) is 18.4 Å². The lowest BCUT2D eigenvalue weighted by Gasteiger charge is -2.22. The topological polar surface area (TPSA) is 99.3 Å². The smallest absolute Gasteiger partial charge is 0.304 e. The third-order valence-corrected chi connectivity index (χ3v) is 5.32. The van der Waals surface area contributed by atoms with E-state index in [0.717, 1.165) is 16.5 Å². The van der Waals surface area contributed by atoms with Gasteiger partial charge in [0.1, 0.15) is 0 Å². The van der Waals surface area contributed by atoms with Gasteiger partial charge in [-0.25, -0.2) is 0 Å². The Labute approximate surface area is 181 Å². The molecule has 0 aliphatic carbocycles. The molecule has 6 nitrogen and oxygen atoms in total. The Morgan fingerprint density at radius 3 is 2.35 bits per heavy atom. The molecule has 0 aliphatic heterocycles. The lowest BCUT2D eigenvalue weighted by Crippen LogP contribution is -2.45. The Balaban J connectivity index is 1.89. The number of rotatable bonds is 10. The number of ketones is 1. The molecule has 0 unspecified atom stereocenters.